The molecule has 2 aliphatic rings. The third kappa shape index (κ3) is 3.15. The van der Waals surface area contributed by atoms with Crippen molar-refractivity contribution >= 4 is 23.4 Å². The first-order valence-corrected chi connectivity index (χ1v) is 10.6. The number of benzene rings is 2. The summed E-state index contributed by atoms with van der Waals surface area (Å²) in [6.07, 6.45) is 0. The van der Waals surface area contributed by atoms with Crippen LogP contribution in [0.2, 0.25) is 0 Å². The van der Waals surface area contributed by atoms with E-state index in [0.717, 1.165) is 41.4 Å². The largest absolute Gasteiger partial charge is 0.495 e. The van der Waals surface area contributed by atoms with E-state index in [9.17, 15) is 4.79 Å². The van der Waals surface area contributed by atoms with E-state index in [4.69, 9.17) is 9.26 Å². The number of piperazine rings is 1. The third-order valence-corrected chi connectivity index (χ3v) is 6.59. The Hall–Kier alpha value is -2.93. The molecule has 3 aromatic rings. The maximum Gasteiger partial charge on any atom is 0.276 e. The fourth-order valence-electron chi connectivity index (χ4n) is 3.94. The number of para-hydroxylation sites is 2. The fraction of sp³-hybridized carbons (Fsp3) is 0.273. The van der Waals surface area contributed by atoms with Crippen LogP contribution in [-0.2, 0) is 5.75 Å². The molecule has 1 saturated heterocycles. The molecule has 1 amide bonds. The number of hydrogen-bond acceptors (Lipinski definition) is 6. The number of carbonyl (C=O) groups is 1. The van der Waals surface area contributed by atoms with Crippen LogP contribution >= 0.6 is 11.8 Å². The molecule has 0 bridgehead atoms. The van der Waals surface area contributed by atoms with Gasteiger partial charge in [0.15, 0.2) is 11.5 Å². The highest BCUT2D eigenvalue weighted by molar-refractivity contribution is 7.98. The average Bonchev–Trinajstić information content (AvgIpc) is 3.23. The van der Waals surface area contributed by atoms with Crippen molar-refractivity contribution in [3.05, 3.63) is 59.8 Å². The topological polar surface area (TPSA) is 58.8 Å². The summed E-state index contributed by atoms with van der Waals surface area (Å²) in [5.41, 5.74) is 3.44. The lowest BCUT2D eigenvalue weighted by atomic mass is 10.1. The highest BCUT2D eigenvalue weighted by atomic mass is 32.2. The molecule has 6 nitrogen and oxygen atoms in total. The van der Waals surface area contributed by atoms with Gasteiger partial charge in [-0.25, -0.2) is 0 Å². The van der Waals surface area contributed by atoms with Gasteiger partial charge in [0, 0.05) is 48.0 Å². The van der Waals surface area contributed by atoms with Gasteiger partial charge in [0.05, 0.1) is 12.8 Å². The van der Waals surface area contributed by atoms with E-state index in [-0.39, 0.29) is 5.91 Å². The second-order valence-corrected chi connectivity index (χ2v) is 8.09. The fourth-order valence-corrected chi connectivity index (χ4v) is 5.00. The summed E-state index contributed by atoms with van der Waals surface area (Å²) >= 11 is 1.72. The Morgan fingerprint density at radius 2 is 1.83 bits per heavy atom. The van der Waals surface area contributed by atoms with Gasteiger partial charge in [-0.05, 0) is 24.3 Å². The first-order valence-electron chi connectivity index (χ1n) is 9.64. The lowest BCUT2D eigenvalue weighted by molar-refractivity contribution is 0.0735. The van der Waals surface area contributed by atoms with Gasteiger partial charge in [0.1, 0.15) is 5.75 Å². The number of fused-ring (bicyclic) bond motifs is 3. The summed E-state index contributed by atoms with van der Waals surface area (Å²) in [6, 6.07) is 16.1. The monoisotopic (exact) mass is 407 g/mol. The molecule has 0 radical (unpaired) electrons. The number of anilines is 1. The van der Waals surface area contributed by atoms with Crippen molar-refractivity contribution in [3.8, 4) is 17.1 Å². The summed E-state index contributed by atoms with van der Waals surface area (Å²) in [5, 5.41) is 4.16. The quantitative estimate of drug-likeness (QED) is 0.656. The number of nitrogens with zero attached hydrogens (tertiary/aromatic N) is 3. The molecule has 7 heteroatoms. The smallest absolute Gasteiger partial charge is 0.276 e. The molecular weight excluding hydrogens is 386 g/mol. The van der Waals surface area contributed by atoms with Gasteiger partial charge in [-0.2, -0.15) is 0 Å². The van der Waals surface area contributed by atoms with Gasteiger partial charge in [-0.3, -0.25) is 4.79 Å². The predicted octanol–water partition coefficient (Wildman–Crippen LogP) is 3.92. The van der Waals surface area contributed by atoms with Crippen LogP contribution < -0.4 is 9.64 Å². The molecule has 0 unspecified atom stereocenters. The predicted molar refractivity (Wildman–Crippen MR) is 113 cm³/mol. The summed E-state index contributed by atoms with van der Waals surface area (Å²) in [5.74, 6) is 2.25. The summed E-state index contributed by atoms with van der Waals surface area (Å²) in [6.45, 7) is 2.79. The zero-order valence-corrected chi connectivity index (χ0v) is 16.9. The summed E-state index contributed by atoms with van der Waals surface area (Å²) in [4.78, 5) is 18.5. The highest BCUT2D eigenvalue weighted by Gasteiger charge is 2.31. The second kappa shape index (κ2) is 7.48. The average molecular weight is 407 g/mol. The molecule has 0 saturated carbocycles. The zero-order chi connectivity index (χ0) is 19.8. The number of amides is 1. The maximum atomic E-state index is 13.2. The van der Waals surface area contributed by atoms with E-state index in [1.54, 1.807) is 18.9 Å². The van der Waals surface area contributed by atoms with Crippen LogP contribution in [-0.4, -0.2) is 49.3 Å². The van der Waals surface area contributed by atoms with E-state index < -0.39 is 0 Å². The minimum absolute atomic E-state index is 0.0466. The SMILES string of the molecule is COc1ccccc1N1CCN(C(=O)c2noc3c2CSc2ccccc2-3)CC1. The molecule has 29 heavy (non-hydrogen) atoms. The van der Waals surface area contributed by atoms with E-state index in [0.29, 0.717) is 24.5 Å². The molecule has 5 rings (SSSR count). The molecule has 148 valence electrons. The van der Waals surface area contributed by atoms with Crippen molar-refractivity contribution in [1.82, 2.24) is 10.1 Å². The van der Waals surface area contributed by atoms with Crippen LogP contribution in [0.15, 0.2) is 57.9 Å². The lowest BCUT2D eigenvalue weighted by Crippen LogP contribution is -2.49. The van der Waals surface area contributed by atoms with Crippen molar-refractivity contribution < 1.29 is 14.1 Å². The van der Waals surface area contributed by atoms with Crippen LogP contribution in [0.4, 0.5) is 5.69 Å². The minimum Gasteiger partial charge on any atom is -0.495 e. The molecule has 0 N–H and O–H groups in total. The third-order valence-electron chi connectivity index (χ3n) is 5.49. The van der Waals surface area contributed by atoms with Crippen molar-refractivity contribution in [1.29, 1.82) is 0 Å². The van der Waals surface area contributed by atoms with Crippen LogP contribution in [0.3, 0.4) is 0 Å². The van der Waals surface area contributed by atoms with Gasteiger partial charge in [-0.15, -0.1) is 11.8 Å². The molecule has 0 spiro atoms. The molecule has 1 aromatic heterocycles. The van der Waals surface area contributed by atoms with Gasteiger partial charge < -0.3 is 19.1 Å². The lowest BCUT2D eigenvalue weighted by Gasteiger charge is -2.36. The summed E-state index contributed by atoms with van der Waals surface area (Å²) < 4.78 is 11.1. The zero-order valence-electron chi connectivity index (χ0n) is 16.1. The van der Waals surface area contributed by atoms with E-state index >= 15 is 0 Å². The van der Waals surface area contributed by atoms with Gasteiger partial charge in [-0.1, -0.05) is 29.4 Å². The van der Waals surface area contributed by atoms with Crippen molar-refractivity contribution in [2.24, 2.45) is 0 Å². The van der Waals surface area contributed by atoms with Crippen LogP contribution in [0.5, 0.6) is 5.75 Å². The molecule has 2 aromatic carbocycles. The molecule has 0 atom stereocenters. The Balaban J connectivity index is 1.33. The van der Waals surface area contributed by atoms with Gasteiger partial charge >= 0.3 is 0 Å². The number of rotatable bonds is 3. The van der Waals surface area contributed by atoms with Crippen molar-refractivity contribution in [2.75, 3.05) is 38.2 Å². The Morgan fingerprint density at radius 1 is 1.07 bits per heavy atom. The van der Waals surface area contributed by atoms with Crippen LogP contribution in [0, 0.1) is 0 Å². The number of ether oxygens (including phenoxy) is 1. The first kappa shape index (κ1) is 18.1. The summed E-state index contributed by atoms with van der Waals surface area (Å²) in [7, 11) is 1.68. The standard InChI is InChI=1S/C22H21N3O3S/c1-27-18-8-4-3-7-17(18)24-10-12-25(13-11-24)22(26)20-16-14-29-19-9-5-2-6-15(19)21(16)28-23-20/h2-9H,10-14H2,1H3. The van der Waals surface area contributed by atoms with E-state index in [1.807, 2.05) is 41.3 Å². The van der Waals surface area contributed by atoms with Crippen LogP contribution in [0.1, 0.15) is 16.1 Å². The first-order chi connectivity index (χ1) is 14.3. The Kier molecular flexibility index (Phi) is 4.67. The highest BCUT2D eigenvalue weighted by Crippen LogP contribution is 2.42. The Morgan fingerprint density at radius 3 is 2.66 bits per heavy atom. The molecule has 3 heterocycles. The number of carbonyl (C=O) groups excluding carboxylic acids is 1. The minimum atomic E-state index is -0.0466. The van der Waals surface area contributed by atoms with E-state index in [1.165, 1.54) is 4.90 Å². The normalized spacial score (nSPS) is 15.6. The van der Waals surface area contributed by atoms with Gasteiger partial charge in [0.25, 0.3) is 5.91 Å². The van der Waals surface area contributed by atoms with E-state index in [2.05, 4.69) is 22.2 Å². The van der Waals surface area contributed by atoms with Crippen LogP contribution in [0.25, 0.3) is 11.3 Å². The second-order valence-electron chi connectivity index (χ2n) is 7.07. The van der Waals surface area contributed by atoms with Gasteiger partial charge in [0.2, 0.25) is 0 Å². The Labute approximate surface area is 173 Å². The van der Waals surface area contributed by atoms with Crippen molar-refractivity contribution in [3.63, 3.8) is 0 Å². The number of aromatic nitrogens is 1. The Bertz CT molecular complexity index is 1060. The molecular formula is C22H21N3O3S. The molecule has 0 aliphatic carbocycles. The maximum absolute atomic E-state index is 13.2. The number of methoxy groups -OCH3 is 1. The van der Waals surface area contributed by atoms with Crippen molar-refractivity contribution in [2.45, 2.75) is 10.6 Å². The molecule has 1 fully saturated rings. The number of thioether (sulfide) groups is 1. The number of hydrogen-bond donors (Lipinski definition) is 0. The molecule has 2 aliphatic heterocycles.